The Hall–Kier alpha value is -2.83. The van der Waals surface area contributed by atoms with Crippen LogP contribution in [0.1, 0.15) is 43.1 Å². The molecule has 25 heavy (non-hydrogen) atoms. The van der Waals surface area contributed by atoms with Crippen molar-refractivity contribution in [1.29, 1.82) is 0 Å². The second kappa shape index (κ2) is 6.96. The Morgan fingerprint density at radius 2 is 2.20 bits per heavy atom. The van der Waals surface area contributed by atoms with Crippen LogP contribution in [0, 0.1) is 0 Å². The predicted octanol–water partition coefficient (Wildman–Crippen LogP) is 2.56. The highest BCUT2D eigenvalue weighted by molar-refractivity contribution is 5.95. The second-order valence-corrected chi connectivity index (χ2v) is 6.33. The maximum atomic E-state index is 12.4. The van der Waals surface area contributed by atoms with Gasteiger partial charge >= 0.3 is 0 Å². The summed E-state index contributed by atoms with van der Waals surface area (Å²) in [7, 11) is 0. The van der Waals surface area contributed by atoms with Crippen LogP contribution in [0.5, 0.6) is 11.5 Å². The lowest BCUT2D eigenvalue weighted by Gasteiger charge is -2.26. The van der Waals surface area contributed by atoms with E-state index >= 15 is 0 Å². The SMILES string of the molecule is CC(C)n1nccc1N1C(=O)CCC1COc1cc(O)ccc1C=O. The predicted molar refractivity (Wildman–Crippen MR) is 92.1 cm³/mol. The number of hydrogen-bond donors (Lipinski definition) is 1. The van der Waals surface area contributed by atoms with Crippen LogP contribution in [-0.2, 0) is 4.79 Å². The molecule has 1 N–H and O–H groups in total. The zero-order chi connectivity index (χ0) is 18.0. The number of aromatic hydroxyl groups is 1. The number of nitrogens with zero attached hydrogens (tertiary/aromatic N) is 3. The van der Waals surface area contributed by atoms with Crippen LogP contribution < -0.4 is 9.64 Å². The number of phenolic OH excluding ortho intramolecular Hbond substituents is 1. The molecule has 1 aromatic heterocycles. The minimum Gasteiger partial charge on any atom is -0.508 e. The van der Waals surface area contributed by atoms with Gasteiger partial charge in [0.1, 0.15) is 23.9 Å². The van der Waals surface area contributed by atoms with Gasteiger partial charge in [-0.1, -0.05) is 0 Å². The largest absolute Gasteiger partial charge is 0.508 e. The first kappa shape index (κ1) is 17.0. The molecule has 7 heteroatoms. The summed E-state index contributed by atoms with van der Waals surface area (Å²) in [4.78, 5) is 25.2. The molecular weight excluding hydrogens is 322 g/mol. The van der Waals surface area contributed by atoms with Gasteiger partial charge in [0.05, 0.1) is 17.8 Å². The van der Waals surface area contributed by atoms with Gasteiger partial charge in [0.15, 0.2) is 6.29 Å². The van der Waals surface area contributed by atoms with Crippen molar-refractivity contribution < 1.29 is 19.4 Å². The van der Waals surface area contributed by atoms with Crippen LogP contribution in [0.15, 0.2) is 30.5 Å². The minimum atomic E-state index is -0.149. The van der Waals surface area contributed by atoms with Gasteiger partial charge in [-0.3, -0.25) is 14.5 Å². The Morgan fingerprint density at radius 3 is 2.92 bits per heavy atom. The first-order valence-electron chi connectivity index (χ1n) is 8.28. The summed E-state index contributed by atoms with van der Waals surface area (Å²) in [6, 6.07) is 6.15. The Morgan fingerprint density at radius 1 is 1.40 bits per heavy atom. The third-order valence-electron chi connectivity index (χ3n) is 4.27. The molecule has 0 saturated carbocycles. The molecule has 1 aliphatic heterocycles. The van der Waals surface area contributed by atoms with Crippen molar-refractivity contribution in [2.24, 2.45) is 0 Å². The van der Waals surface area contributed by atoms with Crippen LogP contribution in [-0.4, -0.2) is 39.7 Å². The average molecular weight is 343 g/mol. The molecule has 3 rings (SSSR count). The molecule has 1 unspecified atom stereocenters. The van der Waals surface area contributed by atoms with Crippen molar-refractivity contribution in [1.82, 2.24) is 9.78 Å². The van der Waals surface area contributed by atoms with Gasteiger partial charge in [-0.25, -0.2) is 4.68 Å². The Bertz CT molecular complexity index is 784. The van der Waals surface area contributed by atoms with Crippen molar-refractivity contribution in [2.75, 3.05) is 11.5 Å². The molecule has 1 aliphatic rings. The van der Waals surface area contributed by atoms with E-state index in [0.717, 1.165) is 5.82 Å². The molecule has 0 spiro atoms. The van der Waals surface area contributed by atoms with Gasteiger partial charge in [-0.2, -0.15) is 5.10 Å². The number of rotatable bonds is 6. The number of aromatic nitrogens is 2. The molecule has 1 aromatic carbocycles. The number of carbonyl (C=O) groups is 2. The number of anilines is 1. The Labute approximate surface area is 145 Å². The molecular formula is C18H21N3O4. The van der Waals surface area contributed by atoms with E-state index in [1.165, 1.54) is 18.2 Å². The summed E-state index contributed by atoms with van der Waals surface area (Å²) < 4.78 is 7.56. The summed E-state index contributed by atoms with van der Waals surface area (Å²) in [5.74, 6) is 1.12. The number of carbonyl (C=O) groups excluding carboxylic acids is 2. The summed E-state index contributed by atoms with van der Waals surface area (Å²) in [5.41, 5.74) is 0.362. The third-order valence-corrected chi connectivity index (χ3v) is 4.27. The lowest BCUT2D eigenvalue weighted by molar-refractivity contribution is -0.117. The van der Waals surface area contributed by atoms with E-state index in [2.05, 4.69) is 5.10 Å². The zero-order valence-corrected chi connectivity index (χ0v) is 14.3. The van der Waals surface area contributed by atoms with Crippen molar-refractivity contribution in [2.45, 2.75) is 38.8 Å². The molecule has 2 heterocycles. The number of benzene rings is 1. The van der Waals surface area contributed by atoms with E-state index in [1.807, 2.05) is 19.9 Å². The van der Waals surface area contributed by atoms with Gasteiger partial charge in [0.25, 0.3) is 0 Å². The number of aldehydes is 1. The molecule has 132 valence electrons. The number of phenols is 1. The normalized spacial score (nSPS) is 17.3. The van der Waals surface area contributed by atoms with Crippen LogP contribution in [0.3, 0.4) is 0 Å². The summed E-state index contributed by atoms with van der Waals surface area (Å²) in [5, 5.41) is 13.9. The summed E-state index contributed by atoms with van der Waals surface area (Å²) in [6.45, 7) is 4.25. The maximum absolute atomic E-state index is 12.4. The smallest absolute Gasteiger partial charge is 0.228 e. The molecule has 1 atom stereocenters. The van der Waals surface area contributed by atoms with Gasteiger partial charge in [-0.05, 0) is 32.4 Å². The molecule has 1 fully saturated rings. The molecule has 7 nitrogen and oxygen atoms in total. The molecule has 1 amide bonds. The van der Waals surface area contributed by atoms with Crippen LogP contribution in [0.4, 0.5) is 5.82 Å². The quantitative estimate of drug-likeness (QED) is 0.815. The molecule has 0 bridgehead atoms. The monoisotopic (exact) mass is 343 g/mol. The maximum Gasteiger partial charge on any atom is 0.228 e. The van der Waals surface area contributed by atoms with Gasteiger partial charge in [0.2, 0.25) is 5.91 Å². The first-order chi connectivity index (χ1) is 12.0. The molecule has 2 aromatic rings. The summed E-state index contributed by atoms with van der Waals surface area (Å²) in [6.07, 6.45) is 3.47. The van der Waals surface area contributed by atoms with Gasteiger partial charge in [0, 0.05) is 24.6 Å². The minimum absolute atomic E-state index is 0.0258. The van der Waals surface area contributed by atoms with E-state index in [0.29, 0.717) is 30.4 Å². The topological polar surface area (TPSA) is 84.7 Å². The molecule has 1 saturated heterocycles. The van der Waals surface area contributed by atoms with E-state index in [4.69, 9.17) is 4.74 Å². The highest BCUT2D eigenvalue weighted by Gasteiger charge is 2.35. The summed E-state index contributed by atoms with van der Waals surface area (Å²) >= 11 is 0. The van der Waals surface area contributed by atoms with Crippen molar-refractivity contribution in [3.05, 3.63) is 36.0 Å². The lowest BCUT2D eigenvalue weighted by atomic mass is 10.2. The second-order valence-electron chi connectivity index (χ2n) is 6.33. The van der Waals surface area contributed by atoms with E-state index in [1.54, 1.807) is 15.8 Å². The fourth-order valence-corrected chi connectivity index (χ4v) is 3.04. The Balaban J connectivity index is 1.80. The van der Waals surface area contributed by atoms with Crippen molar-refractivity contribution >= 4 is 18.0 Å². The molecule has 0 aliphatic carbocycles. The fraction of sp³-hybridized carbons (Fsp3) is 0.389. The third kappa shape index (κ3) is 3.35. The number of ether oxygens (including phenoxy) is 1. The van der Waals surface area contributed by atoms with Crippen molar-refractivity contribution in [3.8, 4) is 11.5 Å². The van der Waals surface area contributed by atoms with E-state index in [9.17, 15) is 14.7 Å². The standard InChI is InChI=1S/C18H21N3O4/c1-12(2)21-17(7-8-19-21)20-14(4-6-18(20)24)11-25-16-9-15(23)5-3-13(16)10-22/h3,5,7-10,12,14,23H,4,6,11H2,1-2H3. The average Bonchev–Trinajstić information content (AvgIpc) is 3.19. The van der Waals surface area contributed by atoms with Gasteiger partial charge < -0.3 is 9.84 Å². The molecule has 0 radical (unpaired) electrons. The lowest BCUT2D eigenvalue weighted by Crippen LogP contribution is -2.38. The highest BCUT2D eigenvalue weighted by Crippen LogP contribution is 2.30. The van der Waals surface area contributed by atoms with Crippen LogP contribution in [0.25, 0.3) is 0 Å². The zero-order valence-electron chi connectivity index (χ0n) is 14.3. The van der Waals surface area contributed by atoms with Crippen molar-refractivity contribution in [3.63, 3.8) is 0 Å². The first-order valence-corrected chi connectivity index (χ1v) is 8.28. The Kier molecular flexibility index (Phi) is 4.74. The van der Waals surface area contributed by atoms with Crippen LogP contribution >= 0.6 is 0 Å². The highest BCUT2D eigenvalue weighted by atomic mass is 16.5. The fourth-order valence-electron chi connectivity index (χ4n) is 3.04. The van der Waals surface area contributed by atoms with E-state index in [-0.39, 0.29) is 30.3 Å². The van der Waals surface area contributed by atoms with Gasteiger partial charge in [-0.15, -0.1) is 0 Å². The number of amides is 1. The van der Waals surface area contributed by atoms with Crippen LogP contribution in [0.2, 0.25) is 0 Å². The van der Waals surface area contributed by atoms with E-state index < -0.39 is 0 Å². The number of hydrogen-bond acceptors (Lipinski definition) is 5.